The second kappa shape index (κ2) is 4.61. The fraction of sp³-hybridized carbons (Fsp3) is 0.167. The molecule has 1 N–H and O–H groups in total. The Balaban J connectivity index is 2.01. The maximum absolute atomic E-state index is 11.8. The van der Waals surface area contributed by atoms with Crippen LogP contribution in [0.3, 0.4) is 0 Å². The largest absolute Gasteiger partial charge is 0.507 e. The van der Waals surface area contributed by atoms with Gasteiger partial charge in [-0.05, 0) is 12.1 Å². The predicted octanol–water partition coefficient (Wildman–Crippen LogP) is 1.86. The van der Waals surface area contributed by atoms with Crippen LogP contribution in [0.4, 0.5) is 0 Å². The van der Waals surface area contributed by atoms with Gasteiger partial charge in [0.1, 0.15) is 5.75 Å². The van der Waals surface area contributed by atoms with Crippen LogP contribution >= 0.6 is 0 Å². The Morgan fingerprint density at radius 1 is 1.38 bits per heavy atom. The van der Waals surface area contributed by atoms with Crippen molar-refractivity contribution in [1.29, 1.82) is 0 Å². The van der Waals surface area contributed by atoms with Crippen molar-refractivity contribution >= 4 is 5.78 Å². The summed E-state index contributed by atoms with van der Waals surface area (Å²) in [6, 6.07) is 6.59. The zero-order valence-corrected chi connectivity index (χ0v) is 8.71. The van der Waals surface area contributed by atoms with Gasteiger partial charge < -0.3 is 9.67 Å². The predicted molar refractivity (Wildman–Crippen MR) is 59.3 cm³/mol. The van der Waals surface area contributed by atoms with Crippen molar-refractivity contribution < 1.29 is 9.90 Å². The maximum Gasteiger partial charge on any atom is 0.168 e. The molecule has 0 bridgehead atoms. The summed E-state index contributed by atoms with van der Waals surface area (Å²) in [6.45, 7) is 0.577. The molecular formula is C12H12N2O2. The molecule has 1 heterocycles. The summed E-state index contributed by atoms with van der Waals surface area (Å²) in [5.74, 6) is -0.0232. The lowest BCUT2D eigenvalue weighted by atomic mass is 10.1. The first kappa shape index (κ1) is 10.4. The van der Waals surface area contributed by atoms with Crippen molar-refractivity contribution in [3.63, 3.8) is 0 Å². The van der Waals surface area contributed by atoms with E-state index in [4.69, 9.17) is 0 Å². The minimum atomic E-state index is -0.0631. The average molecular weight is 216 g/mol. The lowest BCUT2D eigenvalue weighted by Crippen LogP contribution is -2.04. The highest BCUT2D eigenvalue weighted by molar-refractivity contribution is 5.98. The average Bonchev–Trinajstić information content (AvgIpc) is 2.79. The number of aromatic hydroxyl groups is 1. The number of aromatic nitrogens is 2. The van der Waals surface area contributed by atoms with E-state index in [1.54, 1.807) is 36.9 Å². The van der Waals surface area contributed by atoms with E-state index in [0.717, 1.165) is 0 Å². The zero-order chi connectivity index (χ0) is 11.4. The zero-order valence-electron chi connectivity index (χ0n) is 8.71. The topological polar surface area (TPSA) is 55.1 Å². The summed E-state index contributed by atoms with van der Waals surface area (Å²) in [5, 5.41) is 9.50. The van der Waals surface area contributed by atoms with Crippen LogP contribution in [0, 0.1) is 0 Å². The van der Waals surface area contributed by atoms with E-state index in [9.17, 15) is 9.90 Å². The molecule has 16 heavy (non-hydrogen) atoms. The number of rotatable bonds is 4. The normalized spacial score (nSPS) is 10.2. The lowest BCUT2D eigenvalue weighted by Gasteiger charge is -2.03. The summed E-state index contributed by atoms with van der Waals surface area (Å²) in [7, 11) is 0. The Kier molecular flexibility index (Phi) is 3.00. The molecule has 0 saturated heterocycles. The second-order valence-electron chi connectivity index (χ2n) is 3.49. The van der Waals surface area contributed by atoms with E-state index < -0.39 is 0 Å². The van der Waals surface area contributed by atoms with E-state index >= 15 is 0 Å². The molecule has 2 rings (SSSR count). The number of para-hydroxylation sites is 1. The third kappa shape index (κ3) is 2.28. The van der Waals surface area contributed by atoms with Crippen molar-refractivity contribution in [2.24, 2.45) is 0 Å². The number of phenolic OH excluding ortho intramolecular Hbond substituents is 1. The van der Waals surface area contributed by atoms with E-state index in [-0.39, 0.29) is 11.5 Å². The van der Waals surface area contributed by atoms with Gasteiger partial charge in [0.15, 0.2) is 5.78 Å². The fourth-order valence-corrected chi connectivity index (χ4v) is 1.49. The molecule has 0 spiro atoms. The molecular weight excluding hydrogens is 204 g/mol. The quantitative estimate of drug-likeness (QED) is 0.793. The van der Waals surface area contributed by atoms with Crippen LogP contribution in [0.2, 0.25) is 0 Å². The number of carbonyl (C=O) groups excluding carboxylic acids is 1. The summed E-state index contributed by atoms with van der Waals surface area (Å²) < 4.78 is 1.83. The van der Waals surface area contributed by atoms with Crippen LogP contribution in [0.25, 0.3) is 0 Å². The third-order valence-electron chi connectivity index (χ3n) is 2.36. The molecule has 0 radical (unpaired) electrons. The Morgan fingerprint density at radius 3 is 2.88 bits per heavy atom. The van der Waals surface area contributed by atoms with Gasteiger partial charge in [-0.2, -0.15) is 0 Å². The van der Waals surface area contributed by atoms with Crippen LogP contribution in [-0.2, 0) is 6.54 Å². The molecule has 82 valence electrons. The summed E-state index contributed by atoms with van der Waals surface area (Å²) >= 11 is 0. The molecule has 0 aliphatic carbocycles. The maximum atomic E-state index is 11.8. The number of carbonyl (C=O) groups is 1. The van der Waals surface area contributed by atoms with Gasteiger partial charge in [0.2, 0.25) is 0 Å². The molecule has 0 unspecified atom stereocenters. The van der Waals surface area contributed by atoms with E-state index in [2.05, 4.69) is 4.98 Å². The number of nitrogens with zero attached hydrogens (tertiary/aromatic N) is 2. The van der Waals surface area contributed by atoms with Gasteiger partial charge in [0.25, 0.3) is 0 Å². The Morgan fingerprint density at radius 2 is 2.19 bits per heavy atom. The summed E-state index contributed by atoms with van der Waals surface area (Å²) in [4.78, 5) is 15.7. The highest BCUT2D eigenvalue weighted by Gasteiger charge is 2.09. The Hall–Kier alpha value is -2.10. The summed E-state index contributed by atoms with van der Waals surface area (Å²) in [6.07, 6.45) is 5.49. The highest BCUT2D eigenvalue weighted by Crippen LogP contribution is 2.17. The second-order valence-corrected chi connectivity index (χ2v) is 3.49. The van der Waals surface area contributed by atoms with Gasteiger partial charge in [-0.1, -0.05) is 12.1 Å². The number of phenols is 1. The minimum absolute atomic E-state index is 0.0399. The van der Waals surface area contributed by atoms with E-state index in [0.29, 0.717) is 18.5 Å². The van der Waals surface area contributed by atoms with Crippen molar-refractivity contribution in [2.45, 2.75) is 13.0 Å². The van der Waals surface area contributed by atoms with Gasteiger partial charge in [0, 0.05) is 25.4 Å². The molecule has 0 fully saturated rings. The van der Waals surface area contributed by atoms with Crippen molar-refractivity contribution in [3.8, 4) is 5.75 Å². The lowest BCUT2D eigenvalue weighted by molar-refractivity contribution is 0.0974. The number of imidazole rings is 1. The Labute approximate surface area is 93.2 Å². The first-order chi connectivity index (χ1) is 7.77. The number of Topliss-reactive ketones (excluding diaryl/α,β-unsaturated/α-hetero) is 1. The molecule has 0 aliphatic heterocycles. The van der Waals surface area contributed by atoms with Gasteiger partial charge in [-0.3, -0.25) is 4.79 Å². The van der Waals surface area contributed by atoms with E-state index in [1.165, 1.54) is 6.07 Å². The molecule has 0 atom stereocenters. The standard InChI is InChI=1S/C12H12N2O2/c15-11-4-2-1-3-10(11)12(16)5-7-14-8-6-13-9-14/h1-4,6,8-9,15H,5,7H2. The van der Waals surface area contributed by atoms with E-state index in [1.807, 2.05) is 4.57 Å². The Bertz CT molecular complexity index is 478. The molecule has 0 aliphatic rings. The van der Waals surface area contributed by atoms with Crippen molar-refractivity contribution in [2.75, 3.05) is 0 Å². The van der Waals surface area contributed by atoms with Crippen LogP contribution in [0.5, 0.6) is 5.75 Å². The van der Waals surface area contributed by atoms with Crippen molar-refractivity contribution in [1.82, 2.24) is 9.55 Å². The van der Waals surface area contributed by atoms with Gasteiger partial charge in [-0.25, -0.2) is 4.98 Å². The molecule has 2 aromatic rings. The molecule has 1 aromatic carbocycles. The molecule has 0 saturated carbocycles. The minimum Gasteiger partial charge on any atom is -0.507 e. The first-order valence-electron chi connectivity index (χ1n) is 5.04. The number of benzene rings is 1. The summed E-state index contributed by atoms with van der Waals surface area (Å²) in [5.41, 5.74) is 0.377. The van der Waals surface area contributed by atoms with Gasteiger partial charge in [-0.15, -0.1) is 0 Å². The molecule has 4 nitrogen and oxygen atoms in total. The molecule has 4 heteroatoms. The monoisotopic (exact) mass is 216 g/mol. The fourth-order valence-electron chi connectivity index (χ4n) is 1.49. The molecule has 1 aromatic heterocycles. The van der Waals surface area contributed by atoms with Crippen LogP contribution in [0.15, 0.2) is 43.0 Å². The molecule has 0 amide bonds. The van der Waals surface area contributed by atoms with Gasteiger partial charge >= 0.3 is 0 Å². The first-order valence-corrected chi connectivity index (χ1v) is 5.04. The smallest absolute Gasteiger partial charge is 0.168 e. The van der Waals surface area contributed by atoms with Gasteiger partial charge in [0.05, 0.1) is 11.9 Å². The number of aryl methyl sites for hydroxylation is 1. The van der Waals surface area contributed by atoms with Crippen LogP contribution < -0.4 is 0 Å². The third-order valence-corrected chi connectivity index (χ3v) is 2.36. The number of ketones is 1. The van der Waals surface area contributed by atoms with Crippen LogP contribution in [-0.4, -0.2) is 20.4 Å². The van der Waals surface area contributed by atoms with Crippen LogP contribution in [0.1, 0.15) is 16.8 Å². The number of hydrogen-bond donors (Lipinski definition) is 1. The number of hydrogen-bond acceptors (Lipinski definition) is 3. The van der Waals surface area contributed by atoms with Crippen molar-refractivity contribution in [3.05, 3.63) is 48.5 Å². The highest BCUT2D eigenvalue weighted by atomic mass is 16.3. The SMILES string of the molecule is O=C(CCn1ccnc1)c1ccccc1O.